The van der Waals surface area contributed by atoms with Crippen molar-refractivity contribution in [1.82, 2.24) is 4.98 Å². The number of hydrogen-bond acceptors (Lipinski definition) is 2. The van der Waals surface area contributed by atoms with Gasteiger partial charge in [-0.3, -0.25) is 0 Å². The van der Waals surface area contributed by atoms with Crippen LogP contribution in [0.4, 0.5) is 11.5 Å². The number of alkyl halides is 1. The average molecular weight is 291 g/mol. The zero-order valence-corrected chi connectivity index (χ0v) is 11.4. The highest BCUT2D eigenvalue weighted by Gasteiger charge is 2.07. The molecule has 0 unspecified atom stereocenters. The number of rotatable bonds is 4. The first-order valence-corrected chi connectivity index (χ1v) is 6.80. The topological polar surface area (TPSA) is 16.1 Å². The van der Waals surface area contributed by atoms with Gasteiger partial charge in [-0.15, -0.1) is 0 Å². The molecule has 0 aliphatic carbocycles. The largest absolute Gasteiger partial charge is 0.327 e. The van der Waals surface area contributed by atoms with Gasteiger partial charge in [0.05, 0.1) is 0 Å². The molecule has 0 aliphatic heterocycles. The molecule has 0 saturated heterocycles. The van der Waals surface area contributed by atoms with Crippen molar-refractivity contribution in [3.8, 4) is 0 Å². The van der Waals surface area contributed by atoms with Crippen LogP contribution in [0, 0.1) is 0 Å². The molecule has 3 heteroatoms. The smallest absolute Gasteiger partial charge is 0.132 e. The molecule has 2 aromatic rings. The predicted molar refractivity (Wildman–Crippen MR) is 76.0 cm³/mol. The maximum absolute atomic E-state index is 4.49. The van der Waals surface area contributed by atoms with Crippen LogP contribution in [0.2, 0.25) is 0 Å². The zero-order chi connectivity index (χ0) is 12.1. The summed E-state index contributed by atoms with van der Waals surface area (Å²) < 4.78 is 0. The molecule has 0 amide bonds. The Bertz CT molecular complexity index is 453. The van der Waals surface area contributed by atoms with E-state index in [2.05, 4.69) is 57.0 Å². The van der Waals surface area contributed by atoms with E-state index in [1.165, 1.54) is 11.3 Å². The molecule has 1 aromatic carbocycles. The summed E-state index contributed by atoms with van der Waals surface area (Å²) in [6.07, 6.45) is 1.91. The Labute approximate surface area is 110 Å². The minimum Gasteiger partial charge on any atom is -0.327 e. The van der Waals surface area contributed by atoms with E-state index in [4.69, 9.17) is 0 Å². The van der Waals surface area contributed by atoms with Gasteiger partial charge in [-0.2, -0.15) is 0 Å². The third-order valence-corrected chi connectivity index (χ3v) is 3.27. The van der Waals surface area contributed by atoms with Gasteiger partial charge in [-0.05, 0) is 30.7 Å². The quantitative estimate of drug-likeness (QED) is 0.787. The second kappa shape index (κ2) is 5.82. The lowest BCUT2D eigenvalue weighted by Gasteiger charge is -2.22. The molecule has 0 N–H and O–H groups in total. The van der Waals surface area contributed by atoms with Crippen LogP contribution in [-0.2, 0) is 5.33 Å². The lowest BCUT2D eigenvalue weighted by Crippen LogP contribution is -2.17. The summed E-state index contributed by atoms with van der Waals surface area (Å²) >= 11 is 3.43. The summed E-state index contributed by atoms with van der Waals surface area (Å²) in [6.45, 7) is 3.04. The van der Waals surface area contributed by atoms with Crippen LogP contribution in [0.25, 0.3) is 0 Å². The molecule has 0 spiro atoms. The van der Waals surface area contributed by atoms with E-state index in [1.807, 2.05) is 24.4 Å². The molecule has 0 bridgehead atoms. The number of hydrogen-bond donors (Lipinski definition) is 0. The van der Waals surface area contributed by atoms with E-state index in [9.17, 15) is 0 Å². The van der Waals surface area contributed by atoms with E-state index < -0.39 is 0 Å². The second-order valence-corrected chi connectivity index (χ2v) is 4.30. The van der Waals surface area contributed by atoms with Crippen LogP contribution in [0.15, 0.2) is 48.7 Å². The molecular formula is C14H15BrN2. The van der Waals surface area contributed by atoms with Crippen molar-refractivity contribution in [3.05, 3.63) is 54.2 Å². The van der Waals surface area contributed by atoms with Crippen LogP contribution in [0.3, 0.4) is 0 Å². The van der Waals surface area contributed by atoms with E-state index >= 15 is 0 Å². The normalized spacial score (nSPS) is 10.2. The van der Waals surface area contributed by atoms with Crippen molar-refractivity contribution in [2.24, 2.45) is 0 Å². The molecule has 0 aliphatic rings. The van der Waals surface area contributed by atoms with Crippen molar-refractivity contribution in [2.75, 3.05) is 11.4 Å². The Balaban J connectivity index is 2.29. The standard InChI is InChI=1S/C14H15BrN2/c1-2-17(13-6-4-3-5-7-13)14-9-8-12(10-15)11-16-14/h3-9,11H,2,10H2,1H3. The number of benzene rings is 1. The Morgan fingerprint density at radius 1 is 1.12 bits per heavy atom. The van der Waals surface area contributed by atoms with Crippen molar-refractivity contribution in [2.45, 2.75) is 12.3 Å². The highest BCUT2D eigenvalue weighted by atomic mass is 79.9. The number of nitrogens with zero attached hydrogens (tertiary/aromatic N) is 2. The Morgan fingerprint density at radius 2 is 1.88 bits per heavy atom. The fraction of sp³-hybridized carbons (Fsp3) is 0.214. The summed E-state index contributed by atoms with van der Waals surface area (Å²) in [5, 5.41) is 0.845. The molecule has 17 heavy (non-hydrogen) atoms. The summed E-state index contributed by atoms with van der Waals surface area (Å²) in [5.41, 5.74) is 2.37. The van der Waals surface area contributed by atoms with E-state index in [-0.39, 0.29) is 0 Å². The Kier molecular flexibility index (Phi) is 4.15. The first-order chi connectivity index (χ1) is 8.35. The number of para-hydroxylation sites is 1. The van der Waals surface area contributed by atoms with Gasteiger partial charge in [-0.1, -0.05) is 40.2 Å². The number of pyridine rings is 1. The van der Waals surface area contributed by atoms with Crippen LogP contribution in [0.1, 0.15) is 12.5 Å². The molecule has 0 fully saturated rings. The number of anilines is 2. The van der Waals surface area contributed by atoms with E-state index in [0.717, 1.165) is 17.7 Å². The zero-order valence-electron chi connectivity index (χ0n) is 9.81. The molecular weight excluding hydrogens is 276 g/mol. The summed E-state index contributed by atoms with van der Waals surface area (Å²) in [5.74, 6) is 0.989. The minimum absolute atomic E-state index is 0.845. The average Bonchev–Trinajstić information content (AvgIpc) is 2.42. The van der Waals surface area contributed by atoms with Crippen molar-refractivity contribution in [1.29, 1.82) is 0 Å². The van der Waals surface area contributed by atoms with Gasteiger partial charge < -0.3 is 4.90 Å². The van der Waals surface area contributed by atoms with E-state index in [0.29, 0.717) is 0 Å². The van der Waals surface area contributed by atoms with Crippen LogP contribution in [0.5, 0.6) is 0 Å². The van der Waals surface area contributed by atoms with Gasteiger partial charge in [0.2, 0.25) is 0 Å². The SMILES string of the molecule is CCN(c1ccccc1)c1ccc(CBr)cn1. The van der Waals surface area contributed by atoms with Crippen LogP contribution >= 0.6 is 15.9 Å². The molecule has 2 nitrogen and oxygen atoms in total. The molecule has 0 saturated carbocycles. The summed E-state index contributed by atoms with van der Waals surface area (Å²) in [7, 11) is 0. The first kappa shape index (κ1) is 12.1. The Morgan fingerprint density at radius 3 is 2.41 bits per heavy atom. The molecule has 88 valence electrons. The first-order valence-electron chi connectivity index (χ1n) is 5.68. The fourth-order valence-corrected chi connectivity index (χ4v) is 2.07. The minimum atomic E-state index is 0.845. The third-order valence-electron chi connectivity index (χ3n) is 2.62. The van der Waals surface area contributed by atoms with Crippen molar-refractivity contribution >= 4 is 27.4 Å². The predicted octanol–water partition coefficient (Wildman–Crippen LogP) is 4.13. The van der Waals surface area contributed by atoms with Gasteiger partial charge in [0, 0.05) is 23.8 Å². The van der Waals surface area contributed by atoms with Gasteiger partial charge in [0.25, 0.3) is 0 Å². The lowest BCUT2D eigenvalue weighted by molar-refractivity contribution is 0.986. The monoisotopic (exact) mass is 290 g/mol. The molecule has 0 atom stereocenters. The van der Waals surface area contributed by atoms with Crippen molar-refractivity contribution < 1.29 is 0 Å². The van der Waals surface area contributed by atoms with Gasteiger partial charge >= 0.3 is 0 Å². The van der Waals surface area contributed by atoms with Crippen LogP contribution in [-0.4, -0.2) is 11.5 Å². The maximum atomic E-state index is 4.49. The fourth-order valence-electron chi connectivity index (χ4n) is 1.74. The van der Waals surface area contributed by atoms with E-state index in [1.54, 1.807) is 0 Å². The van der Waals surface area contributed by atoms with Gasteiger partial charge in [0.15, 0.2) is 0 Å². The van der Waals surface area contributed by atoms with Crippen LogP contribution < -0.4 is 4.90 Å². The summed E-state index contributed by atoms with van der Waals surface area (Å²) in [6, 6.07) is 14.5. The molecule has 1 aromatic heterocycles. The van der Waals surface area contributed by atoms with Crippen molar-refractivity contribution in [3.63, 3.8) is 0 Å². The molecule has 0 radical (unpaired) electrons. The van der Waals surface area contributed by atoms with Gasteiger partial charge in [-0.25, -0.2) is 4.98 Å². The molecule has 2 rings (SSSR count). The lowest BCUT2D eigenvalue weighted by atomic mass is 10.2. The summed E-state index contributed by atoms with van der Waals surface area (Å²) in [4.78, 5) is 6.69. The Hall–Kier alpha value is -1.35. The second-order valence-electron chi connectivity index (χ2n) is 3.74. The highest BCUT2D eigenvalue weighted by Crippen LogP contribution is 2.22. The number of aromatic nitrogens is 1. The highest BCUT2D eigenvalue weighted by molar-refractivity contribution is 9.08. The molecule has 1 heterocycles. The number of halogens is 1. The van der Waals surface area contributed by atoms with Gasteiger partial charge in [0.1, 0.15) is 5.82 Å². The maximum Gasteiger partial charge on any atom is 0.132 e. The third kappa shape index (κ3) is 2.86.